The van der Waals surface area contributed by atoms with Gasteiger partial charge in [-0.1, -0.05) is 0 Å². The van der Waals surface area contributed by atoms with E-state index in [1.165, 1.54) is 16.2 Å². The second kappa shape index (κ2) is 6.22. The first kappa shape index (κ1) is 12.6. The van der Waals surface area contributed by atoms with Crippen LogP contribution in [0.4, 0.5) is 0 Å². The summed E-state index contributed by atoms with van der Waals surface area (Å²) in [5, 5.41) is 1.66. The van der Waals surface area contributed by atoms with Crippen LogP contribution in [0.25, 0.3) is 0 Å². The predicted octanol–water partition coefficient (Wildman–Crippen LogP) is 1.17. The molecule has 5 nitrogen and oxygen atoms in total. The highest BCUT2D eigenvalue weighted by molar-refractivity contribution is 7.07. The zero-order chi connectivity index (χ0) is 12.0. The number of amides is 1. The number of hydrogen-bond donors (Lipinski definition) is 0. The molecule has 88 valence electrons. The van der Waals surface area contributed by atoms with Crippen molar-refractivity contribution in [2.45, 2.75) is 13.8 Å². The lowest BCUT2D eigenvalue weighted by Gasteiger charge is -2.18. The van der Waals surface area contributed by atoms with E-state index in [1.54, 1.807) is 17.8 Å². The molecule has 16 heavy (non-hydrogen) atoms. The van der Waals surface area contributed by atoms with Crippen LogP contribution in [0.15, 0.2) is 10.9 Å². The molecule has 0 saturated heterocycles. The average Bonchev–Trinajstić information content (AvgIpc) is 2.78. The van der Waals surface area contributed by atoms with Crippen LogP contribution in [0, 0.1) is 0 Å². The first-order valence-corrected chi connectivity index (χ1v) is 5.96. The van der Waals surface area contributed by atoms with Gasteiger partial charge in [0.1, 0.15) is 12.2 Å². The number of hydrogen-bond acceptors (Lipinski definition) is 5. The summed E-state index contributed by atoms with van der Waals surface area (Å²) in [6, 6.07) is 0. The molecule has 1 aromatic heterocycles. The third kappa shape index (κ3) is 3.30. The Balaban J connectivity index is 2.61. The minimum absolute atomic E-state index is 0.0271. The number of nitrogens with zero attached hydrogens (tertiary/aromatic N) is 2. The lowest BCUT2D eigenvalue weighted by atomic mass is 10.4. The summed E-state index contributed by atoms with van der Waals surface area (Å²) in [6.45, 7) is 4.29. The fourth-order valence-corrected chi connectivity index (χ4v) is 1.70. The summed E-state index contributed by atoms with van der Waals surface area (Å²) in [4.78, 5) is 28.4. The van der Waals surface area contributed by atoms with Gasteiger partial charge in [-0.3, -0.25) is 9.59 Å². The summed E-state index contributed by atoms with van der Waals surface area (Å²) in [6.07, 6.45) is 0. The average molecular weight is 242 g/mol. The Morgan fingerprint density at radius 1 is 1.50 bits per heavy atom. The molecule has 0 fully saturated rings. The van der Waals surface area contributed by atoms with Crippen LogP contribution in [0.2, 0.25) is 0 Å². The summed E-state index contributed by atoms with van der Waals surface area (Å²) in [5.41, 5.74) is 1.96. The van der Waals surface area contributed by atoms with Gasteiger partial charge in [0.15, 0.2) is 0 Å². The maximum absolute atomic E-state index is 11.8. The largest absolute Gasteiger partial charge is 0.465 e. The van der Waals surface area contributed by atoms with Gasteiger partial charge in [0, 0.05) is 11.9 Å². The Kier molecular flexibility index (Phi) is 4.91. The fourth-order valence-electron chi connectivity index (χ4n) is 1.17. The molecule has 1 amide bonds. The number of ether oxygens (including phenoxy) is 1. The van der Waals surface area contributed by atoms with Crippen molar-refractivity contribution >= 4 is 23.2 Å². The zero-order valence-corrected chi connectivity index (χ0v) is 10.1. The van der Waals surface area contributed by atoms with Gasteiger partial charge in [0.2, 0.25) is 0 Å². The van der Waals surface area contributed by atoms with Crippen molar-refractivity contribution in [3.8, 4) is 0 Å². The summed E-state index contributed by atoms with van der Waals surface area (Å²) >= 11 is 1.35. The maximum Gasteiger partial charge on any atom is 0.325 e. The Morgan fingerprint density at radius 2 is 2.25 bits per heavy atom. The summed E-state index contributed by atoms with van der Waals surface area (Å²) in [7, 11) is 0. The third-order valence-corrected chi connectivity index (χ3v) is 2.53. The molecule has 0 bridgehead atoms. The molecule has 0 saturated carbocycles. The molecule has 0 aliphatic heterocycles. The standard InChI is InChI=1S/C10H14N2O3S/c1-3-12(5-9(13)15-4-2)10(14)8-6-16-7-11-8/h6-7H,3-5H2,1-2H3. The minimum atomic E-state index is -0.395. The van der Waals surface area contributed by atoms with Crippen molar-refractivity contribution in [2.24, 2.45) is 0 Å². The van der Waals surface area contributed by atoms with Gasteiger partial charge in [0.25, 0.3) is 5.91 Å². The number of esters is 1. The topological polar surface area (TPSA) is 59.5 Å². The van der Waals surface area contributed by atoms with Crippen molar-refractivity contribution < 1.29 is 14.3 Å². The number of aromatic nitrogens is 1. The highest BCUT2D eigenvalue weighted by Gasteiger charge is 2.19. The molecule has 0 unspecified atom stereocenters. The molecular weight excluding hydrogens is 228 g/mol. The molecule has 0 N–H and O–H groups in total. The number of carbonyl (C=O) groups is 2. The first-order chi connectivity index (χ1) is 7.69. The van der Waals surface area contributed by atoms with E-state index in [9.17, 15) is 9.59 Å². The van der Waals surface area contributed by atoms with Crippen LogP contribution in [0.1, 0.15) is 24.3 Å². The SMILES string of the molecule is CCOC(=O)CN(CC)C(=O)c1cscn1. The van der Waals surface area contributed by atoms with E-state index in [1.807, 2.05) is 6.92 Å². The lowest BCUT2D eigenvalue weighted by Crippen LogP contribution is -2.36. The molecule has 0 aliphatic carbocycles. The van der Waals surface area contributed by atoms with E-state index in [0.29, 0.717) is 18.8 Å². The lowest BCUT2D eigenvalue weighted by molar-refractivity contribution is -0.143. The van der Waals surface area contributed by atoms with E-state index in [0.717, 1.165) is 0 Å². The molecule has 1 heterocycles. The Hall–Kier alpha value is -1.43. The first-order valence-electron chi connectivity index (χ1n) is 5.02. The Labute approximate surface area is 98.0 Å². The number of carbonyl (C=O) groups excluding carboxylic acids is 2. The van der Waals surface area contributed by atoms with E-state index in [2.05, 4.69) is 4.98 Å². The summed E-state index contributed by atoms with van der Waals surface area (Å²) in [5.74, 6) is -0.635. The minimum Gasteiger partial charge on any atom is -0.465 e. The van der Waals surface area contributed by atoms with Crippen LogP contribution >= 0.6 is 11.3 Å². The normalized spacial score (nSPS) is 9.88. The molecular formula is C10H14N2O3S. The van der Waals surface area contributed by atoms with Gasteiger partial charge >= 0.3 is 5.97 Å². The van der Waals surface area contributed by atoms with Crippen LogP contribution in [-0.2, 0) is 9.53 Å². The van der Waals surface area contributed by atoms with Crippen molar-refractivity contribution in [3.05, 3.63) is 16.6 Å². The van der Waals surface area contributed by atoms with E-state index < -0.39 is 5.97 Å². The fraction of sp³-hybridized carbons (Fsp3) is 0.500. The van der Waals surface area contributed by atoms with Gasteiger partial charge in [-0.15, -0.1) is 11.3 Å². The van der Waals surface area contributed by atoms with Crippen molar-refractivity contribution in [2.75, 3.05) is 19.7 Å². The highest BCUT2D eigenvalue weighted by atomic mass is 32.1. The molecule has 6 heteroatoms. The van der Waals surface area contributed by atoms with Crippen LogP contribution in [0.3, 0.4) is 0 Å². The smallest absolute Gasteiger partial charge is 0.325 e. The maximum atomic E-state index is 11.8. The Bertz CT molecular complexity index is 351. The molecule has 0 spiro atoms. The van der Waals surface area contributed by atoms with Gasteiger partial charge in [-0.25, -0.2) is 4.98 Å². The van der Waals surface area contributed by atoms with Crippen molar-refractivity contribution in [1.82, 2.24) is 9.88 Å². The summed E-state index contributed by atoms with van der Waals surface area (Å²) < 4.78 is 4.79. The van der Waals surface area contributed by atoms with Gasteiger partial charge in [0.05, 0.1) is 12.1 Å². The highest BCUT2D eigenvalue weighted by Crippen LogP contribution is 2.05. The molecule has 0 aromatic carbocycles. The van der Waals surface area contributed by atoms with E-state index in [4.69, 9.17) is 4.74 Å². The van der Waals surface area contributed by atoms with Crippen molar-refractivity contribution in [1.29, 1.82) is 0 Å². The van der Waals surface area contributed by atoms with Crippen LogP contribution < -0.4 is 0 Å². The number of thiazole rings is 1. The number of rotatable bonds is 5. The monoisotopic (exact) mass is 242 g/mol. The molecule has 0 atom stereocenters. The second-order valence-corrected chi connectivity index (χ2v) is 3.72. The van der Waals surface area contributed by atoms with Gasteiger partial charge < -0.3 is 9.64 Å². The number of likely N-dealkylation sites (N-methyl/N-ethyl adjacent to an activating group) is 1. The van der Waals surface area contributed by atoms with Crippen LogP contribution in [-0.4, -0.2) is 41.5 Å². The Morgan fingerprint density at radius 3 is 2.75 bits per heavy atom. The van der Waals surface area contributed by atoms with Gasteiger partial charge in [-0.2, -0.15) is 0 Å². The van der Waals surface area contributed by atoms with Gasteiger partial charge in [-0.05, 0) is 13.8 Å². The molecule has 0 radical (unpaired) electrons. The van der Waals surface area contributed by atoms with E-state index in [-0.39, 0.29) is 12.5 Å². The van der Waals surface area contributed by atoms with Crippen LogP contribution in [0.5, 0.6) is 0 Å². The molecule has 1 aromatic rings. The zero-order valence-electron chi connectivity index (χ0n) is 9.30. The quantitative estimate of drug-likeness (QED) is 0.727. The third-order valence-electron chi connectivity index (χ3n) is 1.95. The predicted molar refractivity (Wildman–Crippen MR) is 60.3 cm³/mol. The molecule has 1 rings (SSSR count). The van der Waals surface area contributed by atoms with E-state index >= 15 is 0 Å². The second-order valence-electron chi connectivity index (χ2n) is 3.00. The van der Waals surface area contributed by atoms with Crippen molar-refractivity contribution in [3.63, 3.8) is 0 Å². The molecule has 0 aliphatic rings.